The predicted molar refractivity (Wildman–Crippen MR) is 288 cm³/mol. The van der Waals surface area contributed by atoms with Gasteiger partial charge in [0.25, 0.3) is 0 Å². The maximum Gasteiger partial charge on any atom is 0.306 e. The zero-order valence-electron chi connectivity index (χ0n) is 43.2. The minimum Gasteiger partial charge on any atom is -0.462 e. The van der Waals surface area contributed by atoms with E-state index in [0.717, 1.165) is 109 Å². The number of hydrogen-bond donors (Lipinski definition) is 0. The molecule has 0 rings (SSSR count). The molecule has 1 unspecified atom stereocenters. The Kier molecular flexibility index (Phi) is 53.0. The number of allylic oxidation sites excluding steroid dienone is 18. The van der Waals surface area contributed by atoms with Gasteiger partial charge >= 0.3 is 11.9 Å². The van der Waals surface area contributed by atoms with Gasteiger partial charge in [-0.2, -0.15) is 0 Å². The van der Waals surface area contributed by atoms with Crippen molar-refractivity contribution in [3.63, 3.8) is 0 Å². The van der Waals surface area contributed by atoms with E-state index in [-0.39, 0.29) is 25.2 Å². The summed E-state index contributed by atoms with van der Waals surface area (Å²) in [6, 6.07) is 0. The molecular weight excluding hydrogens is 813 g/mol. The highest BCUT2D eigenvalue weighted by molar-refractivity contribution is 5.70. The lowest BCUT2D eigenvalue weighted by molar-refractivity contribution is -0.163. The summed E-state index contributed by atoms with van der Waals surface area (Å²) in [5.74, 6) is -0.459. The van der Waals surface area contributed by atoms with Crippen molar-refractivity contribution < 1.29 is 23.8 Å². The number of rotatable bonds is 49. The molecule has 0 saturated heterocycles. The van der Waals surface area contributed by atoms with Crippen LogP contribution in [0.15, 0.2) is 109 Å². The van der Waals surface area contributed by atoms with E-state index >= 15 is 0 Å². The highest BCUT2D eigenvalue weighted by Gasteiger charge is 2.17. The van der Waals surface area contributed by atoms with Crippen LogP contribution in [0.25, 0.3) is 0 Å². The Bertz CT molecular complexity index is 1310. The molecule has 0 aliphatic rings. The molecular formula is C61H102O5. The van der Waals surface area contributed by atoms with Crippen LogP contribution in [0, 0.1) is 0 Å². The van der Waals surface area contributed by atoms with Gasteiger partial charge in [-0.05, 0) is 128 Å². The summed E-state index contributed by atoms with van der Waals surface area (Å²) in [4.78, 5) is 25.5. The van der Waals surface area contributed by atoms with E-state index < -0.39 is 6.10 Å². The van der Waals surface area contributed by atoms with Crippen molar-refractivity contribution in [3.8, 4) is 0 Å². The summed E-state index contributed by atoms with van der Waals surface area (Å²) < 4.78 is 17.4. The summed E-state index contributed by atoms with van der Waals surface area (Å²) in [6.45, 7) is 7.59. The smallest absolute Gasteiger partial charge is 0.306 e. The van der Waals surface area contributed by atoms with Gasteiger partial charge in [-0.25, -0.2) is 0 Å². The maximum atomic E-state index is 12.8. The average molecular weight is 915 g/mol. The Hall–Kier alpha value is -3.44. The number of hydrogen-bond acceptors (Lipinski definition) is 5. The van der Waals surface area contributed by atoms with E-state index in [1.807, 2.05) is 0 Å². The first kappa shape index (κ1) is 62.6. The van der Waals surface area contributed by atoms with Crippen LogP contribution in [0.5, 0.6) is 0 Å². The molecule has 0 amide bonds. The number of unbranched alkanes of at least 4 members (excludes halogenated alkanes) is 20. The second-order valence-corrected chi connectivity index (χ2v) is 17.7. The molecule has 0 aromatic rings. The Labute approximate surface area is 408 Å². The van der Waals surface area contributed by atoms with Crippen molar-refractivity contribution in [1.82, 2.24) is 0 Å². The summed E-state index contributed by atoms with van der Waals surface area (Å²) in [5.41, 5.74) is 0. The Morgan fingerprint density at radius 1 is 0.348 bits per heavy atom. The number of esters is 2. The fraction of sp³-hybridized carbons (Fsp3) is 0.672. The van der Waals surface area contributed by atoms with Crippen molar-refractivity contribution in [3.05, 3.63) is 109 Å². The summed E-state index contributed by atoms with van der Waals surface area (Å²) in [5, 5.41) is 0. The molecule has 376 valence electrons. The topological polar surface area (TPSA) is 61.8 Å². The molecule has 0 aromatic carbocycles. The van der Waals surface area contributed by atoms with Crippen molar-refractivity contribution in [2.75, 3.05) is 19.8 Å². The normalized spacial score (nSPS) is 13.1. The van der Waals surface area contributed by atoms with E-state index in [4.69, 9.17) is 14.2 Å². The highest BCUT2D eigenvalue weighted by Crippen LogP contribution is 2.12. The molecule has 0 bridgehead atoms. The molecule has 0 aliphatic heterocycles. The molecule has 0 fully saturated rings. The molecule has 0 radical (unpaired) electrons. The first-order valence-corrected chi connectivity index (χ1v) is 27.4. The molecule has 0 aliphatic carbocycles. The monoisotopic (exact) mass is 915 g/mol. The van der Waals surface area contributed by atoms with Crippen LogP contribution in [0.1, 0.15) is 239 Å². The summed E-state index contributed by atoms with van der Waals surface area (Å²) >= 11 is 0. The third kappa shape index (κ3) is 53.2. The quantitative estimate of drug-likeness (QED) is 0.0346. The Morgan fingerprint density at radius 3 is 1.11 bits per heavy atom. The molecule has 5 nitrogen and oxygen atoms in total. The van der Waals surface area contributed by atoms with Gasteiger partial charge in [-0.3, -0.25) is 9.59 Å². The molecule has 5 heteroatoms. The van der Waals surface area contributed by atoms with Crippen LogP contribution in [0.3, 0.4) is 0 Å². The van der Waals surface area contributed by atoms with Gasteiger partial charge in [0.2, 0.25) is 0 Å². The van der Waals surface area contributed by atoms with E-state index in [9.17, 15) is 9.59 Å². The largest absolute Gasteiger partial charge is 0.462 e. The van der Waals surface area contributed by atoms with Gasteiger partial charge in [0.15, 0.2) is 6.10 Å². The van der Waals surface area contributed by atoms with Crippen LogP contribution in [0.4, 0.5) is 0 Å². The van der Waals surface area contributed by atoms with E-state index in [1.165, 1.54) is 96.3 Å². The maximum absolute atomic E-state index is 12.8. The second kappa shape index (κ2) is 55.9. The Morgan fingerprint density at radius 2 is 0.682 bits per heavy atom. The van der Waals surface area contributed by atoms with Crippen LogP contribution >= 0.6 is 0 Å². The third-order valence-electron chi connectivity index (χ3n) is 11.3. The predicted octanol–water partition coefficient (Wildman–Crippen LogP) is 18.8. The van der Waals surface area contributed by atoms with Gasteiger partial charge in [0.1, 0.15) is 6.61 Å². The molecule has 0 heterocycles. The zero-order chi connectivity index (χ0) is 47.7. The van der Waals surface area contributed by atoms with E-state index in [1.54, 1.807) is 0 Å². The lowest BCUT2D eigenvalue weighted by Crippen LogP contribution is -2.30. The molecule has 0 aromatic heterocycles. The van der Waals surface area contributed by atoms with Crippen LogP contribution in [-0.2, 0) is 23.8 Å². The third-order valence-corrected chi connectivity index (χ3v) is 11.3. The van der Waals surface area contributed by atoms with E-state index in [2.05, 4.69) is 130 Å². The van der Waals surface area contributed by atoms with Crippen LogP contribution in [-0.4, -0.2) is 37.9 Å². The van der Waals surface area contributed by atoms with Crippen molar-refractivity contribution in [2.45, 2.75) is 245 Å². The number of carbonyl (C=O) groups excluding carboxylic acids is 2. The van der Waals surface area contributed by atoms with Gasteiger partial charge in [0.05, 0.1) is 6.61 Å². The first-order chi connectivity index (χ1) is 32.6. The van der Waals surface area contributed by atoms with Gasteiger partial charge in [-0.1, -0.05) is 207 Å². The van der Waals surface area contributed by atoms with Crippen LogP contribution in [0.2, 0.25) is 0 Å². The molecule has 0 spiro atoms. The van der Waals surface area contributed by atoms with Crippen LogP contribution < -0.4 is 0 Å². The SMILES string of the molecule is CC/C=C\C/C=C\C/C=C\C/C=C\C/C=C\CCCCCC(=O)OCC(COCCCCCCCC/C=C\C/C=C\CCCCC)OC(=O)CCCCCCC/C=C\C/C=C\CCCCC. The van der Waals surface area contributed by atoms with Gasteiger partial charge < -0.3 is 14.2 Å². The molecule has 0 saturated carbocycles. The van der Waals surface area contributed by atoms with E-state index in [0.29, 0.717) is 19.4 Å². The zero-order valence-corrected chi connectivity index (χ0v) is 43.2. The van der Waals surface area contributed by atoms with Crippen molar-refractivity contribution >= 4 is 11.9 Å². The first-order valence-electron chi connectivity index (χ1n) is 27.4. The fourth-order valence-corrected chi connectivity index (χ4v) is 7.18. The molecule has 1 atom stereocenters. The van der Waals surface area contributed by atoms with Gasteiger partial charge in [0, 0.05) is 19.4 Å². The summed E-state index contributed by atoms with van der Waals surface area (Å²) in [6.07, 6.45) is 76.7. The number of carbonyl (C=O) groups is 2. The average Bonchev–Trinajstić information content (AvgIpc) is 3.32. The van der Waals surface area contributed by atoms with Crippen molar-refractivity contribution in [2.24, 2.45) is 0 Å². The lowest BCUT2D eigenvalue weighted by atomic mass is 10.1. The summed E-state index contributed by atoms with van der Waals surface area (Å²) in [7, 11) is 0. The van der Waals surface area contributed by atoms with Crippen molar-refractivity contribution in [1.29, 1.82) is 0 Å². The second-order valence-electron chi connectivity index (χ2n) is 17.7. The van der Waals surface area contributed by atoms with Gasteiger partial charge in [-0.15, -0.1) is 0 Å². The number of ether oxygens (including phenoxy) is 3. The standard InChI is InChI=1S/C61H102O5/c1-4-7-10-13-16-19-22-25-28-30-31-32-34-36-39-42-45-48-51-54-60(62)65-58-59(57-64-56-53-50-47-44-41-38-35-29-26-23-20-17-14-11-8-5-2)66-61(63)55-52-49-46-43-40-37-33-27-24-21-18-15-12-9-6-3/h7,10,16-21,25-29,31-33,36,39,59H,4-6,8-9,11-15,22-24,30,34-35,37-38,40-58H2,1-3H3/b10-7-,19-16-,20-17-,21-18-,28-25-,29-26-,32-31-,33-27-,39-36-. The highest BCUT2D eigenvalue weighted by atomic mass is 16.6. The minimum atomic E-state index is -0.570. The molecule has 0 N–H and O–H groups in total. The minimum absolute atomic E-state index is 0.0521. The lowest BCUT2D eigenvalue weighted by Gasteiger charge is -2.18. The Balaban J connectivity index is 4.40. The fourth-order valence-electron chi connectivity index (χ4n) is 7.18. The molecule has 66 heavy (non-hydrogen) atoms.